The van der Waals surface area contributed by atoms with Gasteiger partial charge in [0.2, 0.25) is 5.91 Å². The highest BCUT2D eigenvalue weighted by Crippen LogP contribution is 2.27. The van der Waals surface area contributed by atoms with Crippen LogP contribution in [0.4, 0.5) is 5.69 Å². The van der Waals surface area contributed by atoms with Crippen molar-refractivity contribution in [2.24, 2.45) is 11.7 Å². The fourth-order valence-electron chi connectivity index (χ4n) is 3.87. The van der Waals surface area contributed by atoms with Gasteiger partial charge in [-0.05, 0) is 25.0 Å². The largest absolute Gasteiger partial charge is 0.495 e. The molecule has 2 aliphatic heterocycles. The summed E-state index contributed by atoms with van der Waals surface area (Å²) in [5.41, 5.74) is 6.48. The lowest BCUT2D eigenvalue weighted by atomic mass is 9.96. The third-order valence-electron chi connectivity index (χ3n) is 5.55. The van der Waals surface area contributed by atoms with Crippen LogP contribution < -0.4 is 20.3 Å². The van der Waals surface area contributed by atoms with Gasteiger partial charge in [0.1, 0.15) is 5.75 Å². The minimum Gasteiger partial charge on any atom is -0.495 e. The van der Waals surface area contributed by atoms with E-state index in [2.05, 4.69) is 11.0 Å². The van der Waals surface area contributed by atoms with E-state index < -0.39 is 0 Å². The maximum Gasteiger partial charge on any atom is 0.277 e. The van der Waals surface area contributed by atoms with Gasteiger partial charge >= 0.3 is 0 Å². The molecule has 2 aliphatic rings. The number of carbonyl (C=O) groups excluding carboxylic acids is 2. The first-order chi connectivity index (χ1) is 12.6. The minimum absolute atomic E-state index is 0.0733. The number of para-hydroxylation sites is 2. The lowest BCUT2D eigenvalue weighted by molar-refractivity contribution is -0.892. The van der Waals surface area contributed by atoms with Crippen LogP contribution in [0.25, 0.3) is 0 Å². The summed E-state index contributed by atoms with van der Waals surface area (Å²) in [5.74, 6) is 0.768. The molecule has 2 heterocycles. The summed E-state index contributed by atoms with van der Waals surface area (Å²) >= 11 is 0. The van der Waals surface area contributed by atoms with Crippen LogP contribution in [-0.2, 0) is 9.59 Å². The number of piperazine rings is 1. The number of piperidine rings is 1. The van der Waals surface area contributed by atoms with E-state index in [0.29, 0.717) is 32.5 Å². The molecular formula is C19H29N4O3+. The minimum atomic E-state index is -0.241. The smallest absolute Gasteiger partial charge is 0.277 e. The number of ether oxygens (including phenoxy) is 1. The first kappa shape index (κ1) is 18.5. The summed E-state index contributed by atoms with van der Waals surface area (Å²) in [7, 11) is 1.69. The van der Waals surface area contributed by atoms with Gasteiger partial charge in [-0.2, -0.15) is 0 Å². The second kappa shape index (κ2) is 8.40. The molecule has 142 valence electrons. The predicted octanol–water partition coefficient (Wildman–Crippen LogP) is -0.876. The number of nitrogens with zero attached hydrogens (tertiary/aromatic N) is 2. The lowest BCUT2D eigenvalue weighted by Crippen LogP contribution is -3.16. The molecule has 0 radical (unpaired) electrons. The van der Waals surface area contributed by atoms with Crippen LogP contribution in [0.2, 0.25) is 0 Å². The summed E-state index contributed by atoms with van der Waals surface area (Å²) in [6.07, 6.45) is 1.38. The Kier molecular flexibility index (Phi) is 5.98. The number of nitrogens with one attached hydrogen (secondary N) is 1. The number of anilines is 1. The van der Waals surface area contributed by atoms with E-state index in [1.165, 1.54) is 4.90 Å². The molecule has 0 aromatic heterocycles. The van der Waals surface area contributed by atoms with Gasteiger partial charge in [-0.3, -0.25) is 9.59 Å². The highest BCUT2D eigenvalue weighted by Gasteiger charge is 2.29. The normalized spacial score (nSPS) is 19.4. The Balaban J connectivity index is 1.47. The second-order valence-electron chi connectivity index (χ2n) is 7.14. The zero-order chi connectivity index (χ0) is 18.5. The predicted molar refractivity (Wildman–Crippen MR) is 99.3 cm³/mol. The van der Waals surface area contributed by atoms with Crippen molar-refractivity contribution < 1.29 is 19.2 Å². The number of amides is 2. The van der Waals surface area contributed by atoms with Gasteiger partial charge in [0.25, 0.3) is 5.91 Å². The topological polar surface area (TPSA) is 80.3 Å². The molecule has 2 saturated heterocycles. The van der Waals surface area contributed by atoms with Gasteiger partial charge in [0, 0.05) is 19.0 Å². The SMILES string of the molecule is COc1ccccc1N1CC[NH+](CC(=O)N2CCC(C(N)=O)CC2)CC1. The molecule has 0 spiro atoms. The number of quaternary nitrogens is 1. The van der Waals surface area contributed by atoms with E-state index in [0.717, 1.165) is 37.6 Å². The second-order valence-corrected chi connectivity index (χ2v) is 7.14. The Morgan fingerprint density at radius 3 is 2.42 bits per heavy atom. The molecule has 7 nitrogen and oxygen atoms in total. The monoisotopic (exact) mass is 361 g/mol. The molecule has 2 amide bonds. The number of primary amides is 1. The Morgan fingerprint density at radius 2 is 1.81 bits per heavy atom. The van der Waals surface area contributed by atoms with Crippen molar-refractivity contribution in [2.45, 2.75) is 12.8 Å². The number of benzene rings is 1. The van der Waals surface area contributed by atoms with Crippen molar-refractivity contribution in [2.75, 3.05) is 57.8 Å². The van der Waals surface area contributed by atoms with Crippen LogP contribution >= 0.6 is 0 Å². The molecule has 26 heavy (non-hydrogen) atoms. The van der Waals surface area contributed by atoms with Crippen LogP contribution in [0.3, 0.4) is 0 Å². The molecule has 0 bridgehead atoms. The third kappa shape index (κ3) is 4.27. The van der Waals surface area contributed by atoms with Crippen LogP contribution in [-0.4, -0.2) is 69.6 Å². The molecule has 2 fully saturated rings. The number of methoxy groups -OCH3 is 1. The van der Waals surface area contributed by atoms with Crippen LogP contribution in [0.5, 0.6) is 5.75 Å². The average molecular weight is 361 g/mol. The number of nitrogens with two attached hydrogens (primary N) is 1. The summed E-state index contributed by atoms with van der Waals surface area (Å²) in [6.45, 7) is 5.50. The van der Waals surface area contributed by atoms with Crippen LogP contribution in [0.1, 0.15) is 12.8 Å². The summed E-state index contributed by atoms with van der Waals surface area (Å²) < 4.78 is 5.45. The van der Waals surface area contributed by atoms with Gasteiger partial charge in [-0.25, -0.2) is 0 Å². The fourth-order valence-corrected chi connectivity index (χ4v) is 3.87. The Hall–Kier alpha value is -2.28. The molecule has 7 heteroatoms. The molecule has 0 aliphatic carbocycles. The first-order valence-corrected chi connectivity index (χ1v) is 9.37. The summed E-state index contributed by atoms with van der Waals surface area (Å²) in [6, 6.07) is 8.06. The standard InChI is InChI=1S/C19H28N4O3/c1-26-17-5-3-2-4-16(17)22-12-10-21(11-13-22)14-18(24)23-8-6-15(7-9-23)19(20)25/h2-5,15H,6-14H2,1H3,(H2,20,25)/p+1. The number of carbonyl (C=O) groups is 2. The summed E-state index contributed by atoms with van der Waals surface area (Å²) in [4.78, 5) is 29.3. The molecule has 3 rings (SSSR count). The van der Waals surface area contributed by atoms with Crippen molar-refractivity contribution in [3.63, 3.8) is 0 Å². The average Bonchev–Trinajstić information content (AvgIpc) is 2.68. The van der Waals surface area contributed by atoms with Gasteiger partial charge in [-0.1, -0.05) is 12.1 Å². The van der Waals surface area contributed by atoms with Crippen LogP contribution in [0.15, 0.2) is 24.3 Å². The molecule has 3 N–H and O–H groups in total. The molecule has 1 aromatic rings. The van der Waals surface area contributed by atoms with Crippen molar-refractivity contribution in [1.29, 1.82) is 0 Å². The maximum atomic E-state index is 12.6. The Bertz CT molecular complexity index is 635. The third-order valence-corrected chi connectivity index (χ3v) is 5.55. The number of likely N-dealkylation sites (tertiary alicyclic amines) is 1. The van der Waals surface area contributed by atoms with Gasteiger partial charge < -0.3 is 25.2 Å². The van der Waals surface area contributed by atoms with Gasteiger partial charge in [-0.15, -0.1) is 0 Å². The van der Waals surface area contributed by atoms with Crippen molar-refractivity contribution in [1.82, 2.24) is 4.90 Å². The zero-order valence-electron chi connectivity index (χ0n) is 15.4. The zero-order valence-corrected chi connectivity index (χ0v) is 15.4. The first-order valence-electron chi connectivity index (χ1n) is 9.37. The maximum absolute atomic E-state index is 12.6. The Morgan fingerprint density at radius 1 is 1.15 bits per heavy atom. The molecule has 0 atom stereocenters. The molecule has 0 unspecified atom stereocenters. The highest BCUT2D eigenvalue weighted by molar-refractivity contribution is 5.79. The van der Waals surface area contributed by atoms with E-state index in [4.69, 9.17) is 10.5 Å². The van der Waals surface area contributed by atoms with Crippen molar-refractivity contribution in [3.8, 4) is 5.75 Å². The van der Waals surface area contributed by atoms with Gasteiger partial charge in [0.15, 0.2) is 6.54 Å². The van der Waals surface area contributed by atoms with E-state index >= 15 is 0 Å². The molecule has 0 saturated carbocycles. The quantitative estimate of drug-likeness (QED) is 0.714. The molecular weight excluding hydrogens is 332 g/mol. The van der Waals surface area contributed by atoms with Crippen LogP contribution in [0, 0.1) is 5.92 Å². The number of rotatable bonds is 5. The fraction of sp³-hybridized carbons (Fsp3) is 0.579. The summed E-state index contributed by atoms with van der Waals surface area (Å²) in [5, 5.41) is 0. The van der Waals surface area contributed by atoms with Crippen molar-refractivity contribution >= 4 is 17.5 Å². The number of hydrogen-bond donors (Lipinski definition) is 2. The van der Waals surface area contributed by atoms with Gasteiger partial charge in [0.05, 0.1) is 39.0 Å². The van der Waals surface area contributed by atoms with E-state index in [9.17, 15) is 9.59 Å². The lowest BCUT2D eigenvalue weighted by Gasteiger charge is -2.36. The highest BCUT2D eigenvalue weighted by atomic mass is 16.5. The van der Waals surface area contributed by atoms with E-state index in [1.807, 2.05) is 23.1 Å². The van der Waals surface area contributed by atoms with E-state index in [1.54, 1.807) is 7.11 Å². The number of hydrogen-bond acceptors (Lipinski definition) is 4. The Labute approximate surface area is 154 Å². The van der Waals surface area contributed by atoms with E-state index in [-0.39, 0.29) is 17.7 Å². The van der Waals surface area contributed by atoms with Crippen molar-refractivity contribution in [3.05, 3.63) is 24.3 Å². The molecule has 1 aromatic carbocycles.